The molecule has 8 nitrogen and oxygen atoms in total. The van der Waals surface area contributed by atoms with Crippen LogP contribution in [-0.2, 0) is 16.1 Å². The van der Waals surface area contributed by atoms with Gasteiger partial charge >= 0.3 is 0 Å². The minimum Gasteiger partial charge on any atom is -0.349 e. The molecule has 198 valence electrons. The molecule has 0 saturated heterocycles. The fourth-order valence-corrected chi connectivity index (χ4v) is 4.32. The normalized spacial score (nSPS) is 13.2. The predicted molar refractivity (Wildman–Crippen MR) is 150 cm³/mol. The van der Waals surface area contributed by atoms with Crippen LogP contribution in [0.3, 0.4) is 0 Å². The zero-order valence-electron chi connectivity index (χ0n) is 22.8. The first kappa shape index (κ1) is 27.0. The lowest BCUT2D eigenvalue weighted by molar-refractivity contribution is -0.128. The van der Waals surface area contributed by atoms with Crippen molar-refractivity contribution >= 4 is 28.5 Å². The highest BCUT2D eigenvalue weighted by Crippen LogP contribution is 2.31. The van der Waals surface area contributed by atoms with Crippen LogP contribution in [0.15, 0.2) is 73.1 Å². The van der Waals surface area contributed by atoms with Crippen LogP contribution in [0.5, 0.6) is 0 Å². The van der Waals surface area contributed by atoms with E-state index in [4.69, 9.17) is 0 Å². The Kier molecular flexibility index (Phi) is 8.20. The van der Waals surface area contributed by atoms with Crippen molar-refractivity contribution in [2.24, 2.45) is 0 Å². The van der Waals surface area contributed by atoms with Crippen LogP contribution in [0.4, 0.5) is 5.69 Å². The smallest absolute Gasteiger partial charge is 0.249 e. The number of hydrogen-bond acceptors (Lipinski definition) is 5. The van der Waals surface area contributed by atoms with Crippen molar-refractivity contribution in [2.45, 2.75) is 71.5 Å². The number of para-hydroxylation sites is 1. The van der Waals surface area contributed by atoms with Crippen molar-refractivity contribution in [3.63, 3.8) is 0 Å². The summed E-state index contributed by atoms with van der Waals surface area (Å²) in [6, 6.07) is 18.1. The fourth-order valence-electron chi connectivity index (χ4n) is 4.32. The molecule has 38 heavy (non-hydrogen) atoms. The number of carbonyl (C=O) groups is 2. The van der Waals surface area contributed by atoms with Crippen LogP contribution < -0.4 is 10.2 Å². The maximum atomic E-state index is 14.1. The number of carbonyl (C=O) groups excluding carboxylic acids is 2. The number of rotatable bonds is 10. The zero-order chi connectivity index (χ0) is 27.3. The number of pyridine rings is 1. The minimum absolute atomic E-state index is 0.0746. The van der Waals surface area contributed by atoms with E-state index in [-0.39, 0.29) is 18.4 Å². The molecule has 8 heteroatoms. The van der Waals surface area contributed by atoms with Gasteiger partial charge < -0.3 is 5.32 Å². The minimum atomic E-state index is -0.925. The average Bonchev–Trinajstić information content (AvgIpc) is 3.34. The molecular weight excluding hydrogens is 476 g/mol. The van der Waals surface area contributed by atoms with Crippen LogP contribution in [-0.4, -0.2) is 37.3 Å². The molecule has 0 saturated carbocycles. The van der Waals surface area contributed by atoms with Gasteiger partial charge in [-0.2, -0.15) is 0 Å². The van der Waals surface area contributed by atoms with Gasteiger partial charge in [0.2, 0.25) is 11.8 Å². The zero-order valence-corrected chi connectivity index (χ0v) is 22.8. The largest absolute Gasteiger partial charge is 0.349 e. The van der Waals surface area contributed by atoms with E-state index >= 15 is 0 Å². The highest BCUT2D eigenvalue weighted by atomic mass is 16.2. The van der Waals surface area contributed by atoms with E-state index < -0.39 is 11.6 Å². The van der Waals surface area contributed by atoms with Gasteiger partial charge in [0.25, 0.3) is 0 Å². The molecule has 0 spiro atoms. The first-order valence-corrected chi connectivity index (χ1v) is 13.2. The molecule has 1 N–H and O–H groups in total. The molecule has 0 aliphatic heterocycles. The van der Waals surface area contributed by atoms with E-state index in [9.17, 15) is 9.59 Å². The van der Waals surface area contributed by atoms with Gasteiger partial charge in [-0.05, 0) is 68.5 Å². The third kappa shape index (κ3) is 5.90. The van der Waals surface area contributed by atoms with Crippen LogP contribution in [0.2, 0.25) is 0 Å². The SMILES string of the molecule is CC[C@@H](C)c1ccc(N(C(=O)Cn2nnc3ccccc32)[C@@H](C(=O)NC(C)(C)CC)c2cccnc2)cc1. The van der Waals surface area contributed by atoms with Crippen molar-refractivity contribution in [1.82, 2.24) is 25.3 Å². The molecule has 4 rings (SSSR count). The average molecular weight is 513 g/mol. The topological polar surface area (TPSA) is 93.0 Å². The molecule has 2 aromatic heterocycles. The first-order chi connectivity index (χ1) is 18.2. The van der Waals surface area contributed by atoms with Gasteiger partial charge in [0.05, 0.1) is 5.52 Å². The number of benzene rings is 2. The van der Waals surface area contributed by atoms with Crippen LogP contribution in [0.25, 0.3) is 11.0 Å². The predicted octanol–water partition coefficient (Wildman–Crippen LogP) is 5.42. The van der Waals surface area contributed by atoms with E-state index in [2.05, 4.69) is 34.5 Å². The summed E-state index contributed by atoms with van der Waals surface area (Å²) >= 11 is 0. The van der Waals surface area contributed by atoms with E-state index in [0.29, 0.717) is 22.7 Å². The van der Waals surface area contributed by atoms with Gasteiger partial charge in [-0.25, -0.2) is 4.68 Å². The Labute approximate surface area is 224 Å². The Hall–Kier alpha value is -4.07. The summed E-state index contributed by atoms with van der Waals surface area (Å²) in [5.74, 6) is -0.166. The molecule has 2 amide bonds. The second-order valence-corrected chi connectivity index (χ2v) is 10.3. The van der Waals surface area contributed by atoms with Crippen LogP contribution >= 0.6 is 0 Å². The van der Waals surface area contributed by atoms with Crippen molar-refractivity contribution in [2.75, 3.05) is 4.90 Å². The molecule has 2 aromatic carbocycles. The Morgan fingerprint density at radius 1 is 1.00 bits per heavy atom. The lowest BCUT2D eigenvalue weighted by atomic mass is 9.97. The fraction of sp³-hybridized carbons (Fsp3) is 0.367. The van der Waals surface area contributed by atoms with Crippen molar-refractivity contribution < 1.29 is 9.59 Å². The molecule has 0 aliphatic carbocycles. The molecule has 0 aliphatic rings. The lowest BCUT2D eigenvalue weighted by Crippen LogP contribution is -2.51. The summed E-state index contributed by atoms with van der Waals surface area (Å²) in [5.41, 5.74) is 3.44. The maximum absolute atomic E-state index is 14.1. The summed E-state index contributed by atoms with van der Waals surface area (Å²) in [5, 5.41) is 11.6. The first-order valence-electron chi connectivity index (χ1n) is 13.2. The number of nitrogens with zero attached hydrogens (tertiary/aromatic N) is 5. The summed E-state index contributed by atoms with van der Waals surface area (Å²) in [7, 11) is 0. The quantitative estimate of drug-likeness (QED) is 0.306. The molecule has 2 atom stereocenters. The highest BCUT2D eigenvalue weighted by molar-refractivity contribution is 6.01. The molecule has 0 unspecified atom stereocenters. The summed E-state index contributed by atoms with van der Waals surface area (Å²) < 4.78 is 1.58. The number of fused-ring (bicyclic) bond motifs is 1. The van der Waals surface area contributed by atoms with Gasteiger partial charge in [-0.3, -0.25) is 19.5 Å². The highest BCUT2D eigenvalue weighted by Gasteiger charge is 2.35. The van der Waals surface area contributed by atoms with Gasteiger partial charge in [-0.15, -0.1) is 5.10 Å². The second-order valence-electron chi connectivity index (χ2n) is 10.3. The van der Waals surface area contributed by atoms with Crippen LogP contribution in [0, 0.1) is 0 Å². The number of aromatic nitrogens is 4. The van der Waals surface area contributed by atoms with Crippen molar-refractivity contribution in [3.05, 3.63) is 84.2 Å². The van der Waals surface area contributed by atoms with E-state index in [0.717, 1.165) is 18.4 Å². The Balaban J connectivity index is 1.80. The summed E-state index contributed by atoms with van der Waals surface area (Å²) in [4.78, 5) is 33.9. The molecule has 0 radical (unpaired) electrons. The van der Waals surface area contributed by atoms with Crippen molar-refractivity contribution in [1.29, 1.82) is 0 Å². The number of amides is 2. The third-order valence-electron chi connectivity index (χ3n) is 7.18. The van der Waals surface area contributed by atoms with Crippen LogP contribution in [0.1, 0.15) is 70.5 Å². The van der Waals surface area contributed by atoms with Gasteiger partial charge in [0, 0.05) is 29.2 Å². The second kappa shape index (κ2) is 11.5. The standard InChI is InChI=1S/C30H36N6O2/c1-6-21(3)22-14-16-24(17-15-22)36(27(37)20-35-26-13-9-8-12-25(26)33-34-35)28(23-11-10-18-31-19-23)29(38)32-30(4,5)7-2/h8-19,21,28H,6-7,20H2,1-5H3,(H,32,38)/t21-,28-/m1/s1. The number of anilines is 1. The maximum Gasteiger partial charge on any atom is 0.249 e. The van der Waals surface area contributed by atoms with Gasteiger partial charge in [0.15, 0.2) is 0 Å². The number of hydrogen-bond donors (Lipinski definition) is 1. The van der Waals surface area contributed by atoms with E-state index in [1.165, 1.54) is 5.56 Å². The van der Waals surface area contributed by atoms with Crippen molar-refractivity contribution in [3.8, 4) is 0 Å². The Morgan fingerprint density at radius 2 is 1.74 bits per heavy atom. The lowest BCUT2D eigenvalue weighted by Gasteiger charge is -2.34. The summed E-state index contributed by atoms with van der Waals surface area (Å²) in [6.45, 7) is 10.2. The van der Waals surface area contributed by atoms with Gasteiger partial charge in [-0.1, -0.05) is 56.3 Å². The summed E-state index contributed by atoms with van der Waals surface area (Å²) in [6.07, 6.45) is 5.04. The molecular formula is C30H36N6O2. The Morgan fingerprint density at radius 3 is 2.39 bits per heavy atom. The monoisotopic (exact) mass is 512 g/mol. The molecule has 2 heterocycles. The molecule has 0 bridgehead atoms. The Bertz CT molecular complexity index is 1380. The van der Waals surface area contributed by atoms with E-state index in [1.54, 1.807) is 28.0 Å². The van der Waals surface area contributed by atoms with E-state index in [1.807, 2.05) is 75.4 Å². The number of nitrogens with one attached hydrogen (secondary N) is 1. The van der Waals surface area contributed by atoms with Gasteiger partial charge in [0.1, 0.15) is 18.1 Å². The third-order valence-corrected chi connectivity index (χ3v) is 7.18. The molecule has 4 aromatic rings. The molecule has 0 fully saturated rings.